The van der Waals surface area contributed by atoms with Gasteiger partial charge >= 0.3 is 0 Å². The molecule has 0 spiro atoms. The van der Waals surface area contributed by atoms with Gasteiger partial charge in [-0.2, -0.15) is 0 Å². The number of rotatable bonds is 5. The van der Waals surface area contributed by atoms with E-state index in [1.807, 2.05) is 13.1 Å². The van der Waals surface area contributed by atoms with Gasteiger partial charge in [0, 0.05) is 12.1 Å². The minimum absolute atomic E-state index is 0.232. The molecule has 1 aromatic rings. The number of benzene rings is 1. The summed E-state index contributed by atoms with van der Waals surface area (Å²) in [5.74, 6) is 0.0307. The van der Waals surface area contributed by atoms with Gasteiger partial charge in [-0.05, 0) is 44.6 Å². The maximum Gasteiger partial charge on any atom is 0.257 e. The second kappa shape index (κ2) is 7.17. The number of hydrogen-bond acceptors (Lipinski definition) is 4. The third-order valence-electron chi connectivity index (χ3n) is 3.52. The van der Waals surface area contributed by atoms with E-state index in [2.05, 4.69) is 15.5 Å². The van der Waals surface area contributed by atoms with Gasteiger partial charge in [0.25, 0.3) is 5.91 Å². The molecule has 108 valence electrons. The highest BCUT2D eigenvalue weighted by molar-refractivity contribution is 6.05. The van der Waals surface area contributed by atoms with Crippen LogP contribution in [0.1, 0.15) is 16.8 Å². The van der Waals surface area contributed by atoms with Crippen LogP contribution in [0.15, 0.2) is 30.3 Å². The van der Waals surface area contributed by atoms with E-state index in [1.165, 1.54) is 0 Å². The third kappa shape index (κ3) is 4.15. The van der Waals surface area contributed by atoms with Crippen molar-refractivity contribution in [2.45, 2.75) is 6.42 Å². The molecule has 2 N–H and O–H groups in total. The standard InChI is InChI=1S/C15H21N3O2/c1-16-9-12-7-8-18(10-12)11-14(19)17-15(20)13-5-3-2-4-6-13/h2-6,12,16H,7-11H2,1H3,(H,17,19,20). The van der Waals surface area contributed by atoms with Gasteiger partial charge in [-0.3, -0.25) is 19.8 Å². The van der Waals surface area contributed by atoms with E-state index in [4.69, 9.17) is 0 Å². The topological polar surface area (TPSA) is 61.4 Å². The molecule has 0 aromatic heterocycles. The summed E-state index contributed by atoms with van der Waals surface area (Å²) in [7, 11) is 1.94. The lowest BCUT2D eigenvalue weighted by Gasteiger charge is -2.15. The number of hydrogen-bond donors (Lipinski definition) is 2. The number of nitrogens with zero attached hydrogens (tertiary/aromatic N) is 1. The van der Waals surface area contributed by atoms with Crippen LogP contribution in [0.3, 0.4) is 0 Å². The molecule has 1 aliphatic rings. The molecule has 0 radical (unpaired) electrons. The molecule has 1 aliphatic heterocycles. The Morgan fingerprint density at radius 1 is 1.30 bits per heavy atom. The lowest BCUT2D eigenvalue weighted by Crippen LogP contribution is -2.39. The van der Waals surface area contributed by atoms with E-state index in [-0.39, 0.29) is 11.8 Å². The number of imide groups is 1. The summed E-state index contributed by atoms with van der Waals surface area (Å²) >= 11 is 0. The van der Waals surface area contributed by atoms with E-state index < -0.39 is 0 Å². The Balaban J connectivity index is 1.77. The van der Waals surface area contributed by atoms with Gasteiger partial charge in [-0.25, -0.2) is 0 Å². The molecule has 20 heavy (non-hydrogen) atoms. The first-order valence-corrected chi connectivity index (χ1v) is 6.95. The summed E-state index contributed by atoms with van der Waals surface area (Å²) < 4.78 is 0. The molecule has 1 atom stereocenters. The molecule has 1 heterocycles. The minimum atomic E-state index is -0.332. The Morgan fingerprint density at radius 3 is 2.75 bits per heavy atom. The van der Waals surface area contributed by atoms with Crippen LogP contribution in [0, 0.1) is 5.92 Å². The summed E-state index contributed by atoms with van der Waals surface area (Å²) in [5.41, 5.74) is 0.510. The van der Waals surface area contributed by atoms with E-state index in [9.17, 15) is 9.59 Å². The van der Waals surface area contributed by atoms with Gasteiger partial charge in [-0.1, -0.05) is 18.2 Å². The van der Waals surface area contributed by atoms with Crippen molar-refractivity contribution in [2.75, 3.05) is 33.2 Å². The van der Waals surface area contributed by atoms with Gasteiger partial charge in [0.2, 0.25) is 5.91 Å². The van der Waals surface area contributed by atoms with Gasteiger partial charge in [0.15, 0.2) is 0 Å². The average Bonchev–Trinajstić information content (AvgIpc) is 2.87. The van der Waals surface area contributed by atoms with Crippen LogP contribution in [0.4, 0.5) is 0 Å². The van der Waals surface area contributed by atoms with Crippen LogP contribution in [0.25, 0.3) is 0 Å². The van der Waals surface area contributed by atoms with Crippen LogP contribution in [0.2, 0.25) is 0 Å². The third-order valence-corrected chi connectivity index (χ3v) is 3.52. The van der Waals surface area contributed by atoms with Crippen LogP contribution >= 0.6 is 0 Å². The molecular weight excluding hydrogens is 254 g/mol. The predicted octanol–water partition coefficient (Wildman–Crippen LogP) is 0.484. The van der Waals surface area contributed by atoms with Crippen molar-refractivity contribution >= 4 is 11.8 Å². The van der Waals surface area contributed by atoms with Gasteiger partial charge in [0.1, 0.15) is 0 Å². The molecule has 5 nitrogen and oxygen atoms in total. The van der Waals surface area contributed by atoms with Crippen LogP contribution in [-0.4, -0.2) is 49.9 Å². The van der Waals surface area contributed by atoms with Gasteiger partial charge in [-0.15, -0.1) is 0 Å². The smallest absolute Gasteiger partial charge is 0.257 e. The Labute approximate surface area is 119 Å². The first kappa shape index (κ1) is 14.7. The van der Waals surface area contributed by atoms with Crippen molar-refractivity contribution in [1.29, 1.82) is 0 Å². The first-order chi connectivity index (χ1) is 9.69. The maximum absolute atomic E-state index is 11.9. The number of likely N-dealkylation sites (tertiary alicyclic amines) is 1. The summed E-state index contributed by atoms with van der Waals surface area (Å²) in [6, 6.07) is 8.79. The molecule has 1 saturated heterocycles. The number of amides is 2. The average molecular weight is 275 g/mol. The summed E-state index contributed by atoms with van der Waals surface area (Å²) in [6.45, 7) is 3.09. The van der Waals surface area contributed by atoms with Crippen molar-refractivity contribution in [3.8, 4) is 0 Å². The normalized spacial score (nSPS) is 18.9. The molecule has 5 heteroatoms. The predicted molar refractivity (Wildman–Crippen MR) is 77.4 cm³/mol. The Bertz CT molecular complexity index is 461. The molecular formula is C15H21N3O2. The zero-order chi connectivity index (χ0) is 14.4. The highest BCUT2D eigenvalue weighted by Gasteiger charge is 2.23. The quantitative estimate of drug-likeness (QED) is 0.821. The zero-order valence-electron chi connectivity index (χ0n) is 11.8. The molecule has 2 amide bonds. The minimum Gasteiger partial charge on any atom is -0.319 e. The van der Waals surface area contributed by atoms with Crippen LogP contribution in [-0.2, 0) is 4.79 Å². The van der Waals surface area contributed by atoms with Crippen LogP contribution in [0.5, 0.6) is 0 Å². The fourth-order valence-corrected chi connectivity index (χ4v) is 2.54. The summed E-state index contributed by atoms with van der Waals surface area (Å²) in [4.78, 5) is 25.8. The lowest BCUT2D eigenvalue weighted by atomic mass is 10.1. The summed E-state index contributed by atoms with van der Waals surface area (Å²) in [6.07, 6.45) is 1.10. The van der Waals surface area contributed by atoms with Crippen LogP contribution < -0.4 is 10.6 Å². The summed E-state index contributed by atoms with van der Waals surface area (Å²) in [5, 5.41) is 5.59. The second-order valence-corrected chi connectivity index (χ2v) is 5.19. The van der Waals surface area contributed by atoms with E-state index in [0.29, 0.717) is 18.0 Å². The first-order valence-electron chi connectivity index (χ1n) is 6.95. The zero-order valence-corrected chi connectivity index (χ0v) is 11.8. The molecule has 1 fully saturated rings. The second-order valence-electron chi connectivity index (χ2n) is 5.19. The number of carbonyl (C=O) groups excluding carboxylic acids is 2. The van der Waals surface area contributed by atoms with Crippen molar-refractivity contribution < 1.29 is 9.59 Å². The van der Waals surface area contributed by atoms with Crippen molar-refractivity contribution in [1.82, 2.24) is 15.5 Å². The molecule has 0 aliphatic carbocycles. The Hall–Kier alpha value is -1.72. The molecule has 1 unspecified atom stereocenters. The molecule has 2 rings (SSSR count). The lowest BCUT2D eigenvalue weighted by molar-refractivity contribution is -0.121. The van der Waals surface area contributed by atoms with Crippen molar-refractivity contribution in [3.05, 3.63) is 35.9 Å². The van der Waals surface area contributed by atoms with E-state index >= 15 is 0 Å². The van der Waals surface area contributed by atoms with E-state index in [1.54, 1.807) is 24.3 Å². The SMILES string of the molecule is CNCC1CCN(CC(=O)NC(=O)c2ccccc2)C1. The maximum atomic E-state index is 11.9. The van der Waals surface area contributed by atoms with Gasteiger partial charge in [0.05, 0.1) is 6.54 Å². The van der Waals surface area contributed by atoms with Crippen molar-refractivity contribution in [3.63, 3.8) is 0 Å². The molecule has 1 aromatic carbocycles. The largest absolute Gasteiger partial charge is 0.319 e. The van der Waals surface area contributed by atoms with Crippen molar-refractivity contribution in [2.24, 2.45) is 5.92 Å². The highest BCUT2D eigenvalue weighted by atomic mass is 16.2. The highest BCUT2D eigenvalue weighted by Crippen LogP contribution is 2.14. The number of carbonyl (C=O) groups is 2. The molecule has 0 saturated carbocycles. The Kier molecular flexibility index (Phi) is 5.26. The number of nitrogens with one attached hydrogen (secondary N) is 2. The monoisotopic (exact) mass is 275 g/mol. The fourth-order valence-electron chi connectivity index (χ4n) is 2.54. The fraction of sp³-hybridized carbons (Fsp3) is 0.467. The Morgan fingerprint density at radius 2 is 2.05 bits per heavy atom. The van der Waals surface area contributed by atoms with E-state index in [0.717, 1.165) is 26.1 Å². The molecule has 0 bridgehead atoms. The van der Waals surface area contributed by atoms with Gasteiger partial charge < -0.3 is 5.32 Å².